The van der Waals surface area contributed by atoms with Gasteiger partial charge in [-0.2, -0.15) is 10.3 Å². The molecule has 0 aliphatic heterocycles. The molecule has 2 aromatic heterocycles. The highest BCUT2D eigenvalue weighted by Crippen LogP contribution is 2.36. The summed E-state index contributed by atoms with van der Waals surface area (Å²) >= 11 is 0. The van der Waals surface area contributed by atoms with Crippen LogP contribution in [0.1, 0.15) is 69.6 Å². The molecule has 1 fully saturated rings. The number of nitrogens with one attached hydrogen (secondary N) is 1. The summed E-state index contributed by atoms with van der Waals surface area (Å²) in [6.45, 7) is 8.03. The van der Waals surface area contributed by atoms with Crippen LogP contribution in [0, 0.1) is 5.92 Å². The van der Waals surface area contributed by atoms with Crippen molar-refractivity contribution in [3.63, 3.8) is 0 Å². The number of nitrogens with two attached hydrogens (primary N) is 1. The number of nitrogens with zero attached hydrogens (tertiary/aromatic N) is 6. The summed E-state index contributed by atoms with van der Waals surface area (Å²) in [5, 5.41) is 19.5. The van der Waals surface area contributed by atoms with Gasteiger partial charge in [-0.15, -0.1) is 10.2 Å². The predicted molar refractivity (Wildman–Crippen MR) is 137 cm³/mol. The normalized spacial score (nSPS) is 18.6. The second kappa shape index (κ2) is 9.70. The molecule has 0 bridgehead atoms. The van der Waals surface area contributed by atoms with Gasteiger partial charge in [0, 0.05) is 16.9 Å². The van der Waals surface area contributed by atoms with E-state index in [9.17, 15) is 0 Å². The van der Waals surface area contributed by atoms with Gasteiger partial charge in [-0.1, -0.05) is 69.3 Å². The predicted octanol–water partition coefficient (Wildman–Crippen LogP) is 4.70. The third-order valence-corrected chi connectivity index (χ3v) is 7.03. The second-order valence-electron chi connectivity index (χ2n) is 10.6. The monoisotopic (exact) mass is 470 g/mol. The van der Waals surface area contributed by atoms with E-state index in [-0.39, 0.29) is 5.41 Å². The average Bonchev–Trinajstić information content (AvgIpc) is 3.55. The number of tetrazole rings is 1. The lowest BCUT2D eigenvalue weighted by molar-refractivity contribution is 0.319. The van der Waals surface area contributed by atoms with Crippen molar-refractivity contribution in [3.05, 3.63) is 65.7 Å². The molecule has 4 aromatic rings. The van der Waals surface area contributed by atoms with E-state index in [1.807, 2.05) is 18.2 Å². The Morgan fingerprint density at radius 2 is 1.69 bits per heavy atom. The molecule has 1 aliphatic carbocycles. The summed E-state index contributed by atoms with van der Waals surface area (Å²) in [5.41, 5.74) is 10.2. The van der Waals surface area contributed by atoms with Crippen molar-refractivity contribution in [3.8, 4) is 22.5 Å². The first-order valence-electron chi connectivity index (χ1n) is 12.5. The molecular formula is C27H34N8. The molecule has 0 atom stereocenters. The van der Waals surface area contributed by atoms with E-state index < -0.39 is 0 Å². The van der Waals surface area contributed by atoms with E-state index in [4.69, 9.17) is 15.8 Å². The molecule has 0 spiro atoms. The molecule has 8 nitrogen and oxygen atoms in total. The number of aromatic nitrogens is 7. The van der Waals surface area contributed by atoms with Crippen LogP contribution in [0.15, 0.2) is 48.5 Å². The molecule has 2 heterocycles. The van der Waals surface area contributed by atoms with E-state index in [0.717, 1.165) is 47.7 Å². The Morgan fingerprint density at radius 3 is 2.31 bits per heavy atom. The minimum absolute atomic E-state index is 0.0861. The topological polar surface area (TPSA) is 111 Å². The van der Waals surface area contributed by atoms with Crippen molar-refractivity contribution < 1.29 is 0 Å². The Balaban J connectivity index is 1.41. The fraction of sp³-hybridized carbons (Fsp3) is 0.444. The van der Waals surface area contributed by atoms with Crippen molar-refractivity contribution in [1.29, 1.82) is 0 Å². The fourth-order valence-electron chi connectivity index (χ4n) is 4.91. The Hall–Kier alpha value is -3.39. The minimum Gasteiger partial charge on any atom is -0.330 e. The Bertz CT molecular complexity index is 1240. The zero-order chi connectivity index (χ0) is 24.4. The maximum atomic E-state index is 5.93. The molecule has 1 saturated carbocycles. The first-order valence-corrected chi connectivity index (χ1v) is 12.5. The quantitative estimate of drug-likeness (QED) is 0.422. The van der Waals surface area contributed by atoms with Crippen LogP contribution in [-0.2, 0) is 12.0 Å². The number of aromatic amines is 1. The molecule has 182 valence electrons. The van der Waals surface area contributed by atoms with Gasteiger partial charge in [-0.3, -0.25) is 0 Å². The maximum Gasteiger partial charge on any atom is 0.205 e. The van der Waals surface area contributed by atoms with Crippen molar-refractivity contribution >= 4 is 0 Å². The zero-order valence-corrected chi connectivity index (χ0v) is 20.8. The highest BCUT2D eigenvalue weighted by Gasteiger charge is 2.29. The summed E-state index contributed by atoms with van der Waals surface area (Å²) in [4.78, 5) is 5.06. The van der Waals surface area contributed by atoms with Gasteiger partial charge in [-0.25, -0.2) is 9.67 Å². The number of benzene rings is 2. The number of hydrogen-bond donors (Lipinski definition) is 2. The van der Waals surface area contributed by atoms with E-state index in [0.29, 0.717) is 24.2 Å². The SMILES string of the molecule is CC(C)(C)c1nc(C2CCC(CN)CC2)n(Cc2ccc(-c3ccccc3-c3nn[nH]n3)cc2)n1. The van der Waals surface area contributed by atoms with Gasteiger partial charge < -0.3 is 5.73 Å². The standard InChI is InChI=1S/C27H34N8/c1-27(2,3)26-29-25(21-14-8-18(16-28)9-15-21)35(32-26)17-19-10-12-20(13-11-19)22-6-4-5-7-23(22)24-30-33-34-31-24/h4-7,10-13,18,21H,8-9,14-17,28H2,1-3H3,(H,30,31,33,34). The van der Waals surface area contributed by atoms with Crippen LogP contribution in [0.3, 0.4) is 0 Å². The summed E-state index contributed by atoms with van der Waals surface area (Å²) < 4.78 is 2.14. The summed E-state index contributed by atoms with van der Waals surface area (Å²) in [6, 6.07) is 16.8. The van der Waals surface area contributed by atoms with Gasteiger partial charge in [0.1, 0.15) is 5.82 Å². The van der Waals surface area contributed by atoms with Crippen LogP contribution in [0.2, 0.25) is 0 Å². The Labute approximate surface area is 206 Å². The molecule has 0 radical (unpaired) electrons. The minimum atomic E-state index is -0.0861. The Kier molecular flexibility index (Phi) is 6.47. The van der Waals surface area contributed by atoms with Crippen LogP contribution < -0.4 is 5.73 Å². The van der Waals surface area contributed by atoms with Crippen molar-refractivity contribution in [2.45, 2.75) is 64.3 Å². The number of rotatable bonds is 6. The Morgan fingerprint density at radius 1 is 0.971 bits per heavy atom. The van der Waals surface area contributed by atoms with Gasteiger partial charge in [0.25, 0.3) is 0 Å². The first kappa shape index (κ1) is 23.4. The summed E-state index contributed by atoms with van der Waals surface area (Å²) in [5.74, 6) is 3.72. The van der Waals surface area contributed by atoms with Crippen molar-refractivity contribution in [2.75, 3.05) is 6.54 Å². The number of H-pyrrole nitrogens is 1. The average molecular weight is 471 g/mol. The van der Waals surface area contributed by atoms with Gasteiger partial charge in [0.15, 0.2) is 5.82 Å². The molecule has 8 heteroatoms. The molecule has 2 aromatic carbocycles. The largest absolute Gasteiger partial charge is 0.330 e. The molecule has 35 heavy (non-hydrogen) atoms. The molecule has 0 saturated heterocycles. The number of hydrogen-bond acceptors (Lipinski definition) is 6. The van der Waals surface area contributed by atoms with Crippen LogP contribution in [-0.4, -0.2) is 41.9 Å². The third kappa shape index (κ3) is 5.03. The molecule has 5 rings (SSSR count). The molecular weight excluding hydrogens is 436 g/mol. The molecule has 3 N–H and O–H groups in total. The highest BCUT2D eigenvalue weighted by atomic mass is 15.5. The molecule has 1 aliphatic rings. The maximum absolute atomic E-state index is 5.93. The van der Waals surface area contributed by atoms with Crippen molar-refractivity contribution in [2.24, 2.45) is 11.7 Å². The lowest BCUT2D eigenvalue weighted by Crippen LogP contribution is -2.22. The summed E-state index contributed by atoms with van der Waals surface area (Å²) in [6.07, 6.45) is 4.62. The molecule has 0 unspecified atom stereocenters. The highest BCUT2D eigenvalue weighted by molar-refractivity contribution is 5.80. The third-order valence-electron chi connectivity index (χ3n) is 7.03. The fourth-order valence-corrected chi connectivity index (χ4v) is 4.91. The van der Waals surface area contributed by atoms with Crippen molar-refractivity contribution in [1.82, 2.24) is 35.4 Å². The molecule has 0 amide bonds. The van der Waals surface area contributed by atoms with Crippen LogP contribution >= 0.6 is 0 Å². The smallest absolute Gasteiger partial charge is 0.205 e. The van der Waals surface area contributed by atoms with Crippen LogP contribution in [0.4, 0.5) is 0 Å². The van der Waals surface area contributed by atoms with Gasteiger partial charge >= 0.3 is 0 Å². The second-order valence-corrected chi connectivity index (χ2v) is 10.6. The zero-order valence-electron chi connectivity index (χ0n) is 20.8. The van der Waals surface area contributed by atoms with E-state index in [1.165, 1.54) is 18.4 Å². The van der Waals surface area contributed by atoms with Crippen LogP contribution in [0.5, 0.6) is 0 Å². The van der Waals surface area contributed by atoms with E-state index in [2.05, 4.69) is 76.4 Å². The van der Waals surface area contributed by atoms with E-state index in [1.54, 1.807) is 0 Å². The van der Waals surface area contributed by atoms with Gasteiger partial charge in [0.2, 0.25) is 5.82 Å². The first-order chi connectivity index (χ1) is 16.9. The van der Waals surface area contributed by atoms with E-state index >= 15 is 0 Å². The lowest BCUT2D eigenvalue weighted by atomic mass is 9.81. The van der Waals surface area contributed by atoms with Gasteiger partial charge in [-0.05, 0) is 60.0 Å². The summed E-state index contributed by atoms with van der Waals surface area (Å²) in [7, 11) is 0. The van der Waals surface area contributed by atoms with Crippen LogP contribution in [0.25, 0.3) is 22.5 Å². The lowest BCUT2D eigenvalue weighted by Gasteiger charge is -2.27. The van der Waals surface area contributed by atoms with Gasteiger partial charge in [0.05, 0.1) is 6.54 Å².